The Morgan fingerprint density at radius 1 is 1.03 bits per heavy atom. The number of piperidine rings is 1. The highest BCUT2D eigenvalue weighted by Gasteiger charge is 2.24. The van der Waals surface area contributed by atoms with Gasteiger partial charge in [-0.15, -0.1) is 24.0 Å². The fourth-order valence-electron chi connectivity index (χ4n) is 4.46. The number of nitrogens with one attached hydrogen (secondary N) is 1. The Balaban J connectivity index is 0.00000320. The van der Waals surface area contributed by atoms with Gasteiger partial charge < -0.3 is 29.5 Å². The van der Waals surface area contributed by atoms with Crippen LogP contribution in [0.5, 0.6) is 0 Å². The van der Waals surface area contributed by atoms with E-state index < -0.39 is 0 Å². The van der Waals surface area contributed by atoms with E-state index in [0.717, 1.165) is 77.7 Å². The number of nitrogens with zero attached hydrogens (tertiary/aromatic N) is 4. The number of halogens is 1. The van der Waals surface area contributed by atoms with Crippen molar-refractivity contribution in [2.45, 2.75) is 57.7 Å². The first-order valence-corrected chi connectivity index (χ1v) is 11.9. The van der Waals surface area contributed by atoms with Crippen molar-refractivity contribution in [3.8, 4) is 0 Å². The Labute approximate surface area is 200 Å². The fourth-order valence-corrected chi connectivity index (χ4v) is 4.46. The van der Waals surface area contributed by atoms with Gasteiger partial charge in [-0.2, -0.15) is 0 Å². The third-order valence-corrected chi connectivity index (χ3v) is 6.36. The number of hydrogen-bond donors (Lipinski definition) is 1. The van der Waals surface area contributed by atoms with Crippen molar-refractivity contribution in [1.82, 2.24) is 20.0 Å². The predicted molar refractivity (Wildman–Crippen MR) is 134 cm³/mol. The van der Waals surface area contributed by atoms with Crippen LogP contribution in [0.3, 0.4) is 0 Å². The van der Waals surface area contributed by atoms with Crippen LogP contribution in [0.2, 0.25) is 0 Å². The van der Waals surface area contributed by atoms with Gasteiger partial charge in [0.15, 0.2) is 5.96 Å². The van der Waals surface area contributed by atoms with Gasteiger partial charge in [0, 0.05) is 45.9 Å². The first kappa shape index (κ1) is 26.1. The van der Waals surface area contributed by atoms with E-state index in [0.29, 0.717) is 12.2 Å². The molecular formula is C22H44IN5O2. The molecule has 7 nitrogen and oxygen atoms in total. The Hall–Kier alpha value is -0.160. The topological polar surface area (TPSA) is 52.6 Å². The SMILES string of the molecule is CCNC(=NCCN1CCCN(C)CC1)N1CCC(OCC2CCCCO2)CC1.I. The number of likely N-dealkylation sites (N-methyl/N-ethyl adjacent to an activating group) is 1. The first-order chi connectivity index (χ1) is 14.2. The zero-order valence-electron chi connectivity index (χ0n) is 19.2. The number of guanidine groups is 1. The van der Waals surface area contributed by atoms with Crippen LogP contribution < -0.4 is 5.32 Å². The second kappa shape index (κ2) is 14.8. The highest BCUT2D eigenvalue weighted by atomic mass is 127. The van der Waals surface area contributed by atoms with Crippen LogP contribution in [0.25, 0.3) is 0 Å². The van der Waals surface area contributed by atoms with E-state index in [1.54, 1.807) is 0 Å². The van der Waals surface area contributed by atoms with Crippen molar-refractivity contribution in [2.75, 3.05) is 79.2 Å². The van der Waals surface area contributed by atoms with Gasteiger partial charge in [0.25, 0.3) is 0 Å². The predicted octanol–water partition coefficient (Wildman–Crippen LogP) is 2.26. The van der Waals surface area contributed by atoms with Gasteiger partial charge in [-0.1, -0.05) is 0 Å². The number of aliphatic imine (C=N–C) groups is 1. The second-order valence-corrected chi connectivity index (χ2v) is 8.74. The Kier molecular flexibility index (Phi) is 12.9. The number of hydrogen-bond acceptors (Lipinski definition) is 5. The fraction of sp³-hybridized carbons (Fsp3) is 0.955. The van der Waals surface area contributed by atoms with Crippen molar-refractivity contribution in [1.29, 1.82) is 0 Å². The highest BCUT2D eigenvalue weighted by Crippen LogP contribution is 2.18. The lowest BCUT2D eigenvalue weighted by Gasteiger charge is -2.35. The van der Waals surface area contributed by atoms with Gasteiger partial charge in [0.05, 0.1) is 25.4 Å². The molecule has 3 aliphatic rings. The molecule has 1 unspecified atom stereocenters. The molecule has 0 saturated carbocycles. The normalized spacial score (nSPS) is 25.6. The standard InChI is InChI=1S/C22H43N5O2.HI/c1-3-23-22(24-10-15-26-12-6-11-25(2)16-17-26)27-13-8-20(9-14-27)29-19-21-7-4-5-18-28-21;/h20-21H,3-19H2,1-2H3,(H,23,24);1H. The molecule has 0 spiro atoms. The summed E-state index contributed by atoms with van der Waals surface area (Å²) in [6.45, 7) is 13.5. The van der Waals surface area contributed by atoms with Crippen LogP contribution in [0.15, 0.2) is 4.99 Å². The smallest absolute Gasteiger partial charge is 0.193 e. The van der Waals surface area contributed by atoms with Crippen molar-refractivity contribution >= 4 is 29.9 Å². The molecule has 0 aromatic rings. The first-order valence-electron chi connectivity index (χ1n) is 11.9. The third-order valence-electron chi connectivity index (χ3n) is 6.36. The second-order valence-electron chi connectivity index (χ2n) is 8.74. The van der Waals surface area contributed by atoms with Gasteiger partial charge in [0.2, 0.25) is 0 Å². The van der Waals surface area contributed by atoms with Gasteiger partial charge in [-0.3, -0.25) is 4.99 Å². The maximum Gasteiger partial charge on any atom is 0.193 e. The summed E-state index contributed by atoms with van der Waals surface area (Å²) in [4.78, 5) is 12.3. The highest BCUT2D eigenvalue weighted by molar-refractivity contribution is 14.0. The molecule has 3 rings (SSSR count). The zero-order valence-corrected chi connectivity index (χ0v) is 21.5. The quantitative estimate of drug-likeness (QED) is 0.306. The van der Waals surface area contributed by atoms with E-state index in [9.17, 15) is 0 Å². The minimum atomic E-state index is 0. The van der Waals surface area contributed by atoms with Gasteiger partial charge in [-0.25, -0.2) is 0 Å². The third kappa shape index (κ3) is 9.14. The number of ether oxygens (including phenoxy) is 2. The monoisotopic (exact) mass is 537 g/mol. The largest absolute Gasteiger partial charge is 0.376 e. The lowest BCUT2D eigenvalue weighted by molar-refractivity contribution is -0.0721. The van der Waals surface area contributed by atoms with E-state index in [1.165, 1.54) is 38.9 Å². The van der Waals surface area contributed by atoms with Crippen molar-refractivity contribution in [3.05, 3.63) is 0 Å². The molecule has 1 atom stereocenters. The molecule has 3 heterocycles. The molecular weight excluding hydrogens is 493 g/mol. The van der Waals surface area contributed by atoms with Crippen LogP contribution in [0.1, 0.15) is 45.4 Å². The van der Waals surface area contributed by atoms with Crippen molar-refractivity contribution in [2.24, 2.45) is 4.99 Å². The van der Waals surface area contributed by atoms with Crippen LogP contribution in [-0.2, 0) is 9.47 Å². The van der Waals surface area contributed by atoms with E-state index in [-0.39, 0.29) is 24.0 Å². The molecule has 3 fully saturated rings. The lowest BCUT2D eigenvalue weighted by Crippen LogP contribution is -2.47. The lowest BCUT2D eigenvalue weighted by atomic mass is 10.1. The summed E-state index contributed by atoms with van der Waals surface area (Å²) in [7, 11) is 2.22. The molecule has 0 amide bonds. The molecule has 8 heteroatoms. The van der Waals surface area contributed by atoms with Gasteiger partial charge >= 0.3 is 0 Å². The molecule has 0 aromatic heterocycles. The van der Waals surface area contributed by atoms with E-state index in [1.807, 2.05) is 0 Å². The summed E-state index contributed by atoms with van der Waals surface area (Å²) in [5, 5.41) is 3.50. The Morgan fingerprint density at radius 2 is 1.87 bits per heavy atom. The number of likely N-dealkylation sites (tertiary alicyclic amines) is 1. The summed E-state index contributed by atoms with van der Waals surface area (Å²) in [6.07, 6.45) is 7.75. The van der Waals surface area contributed by atoms with E-state index in [4.69, 9.17) is 14.5 Å². The Bertz CT molecular complexity index is 482. The van der Waals surface area contributed by atoms with Crippen molar-refractivity contribution in [3.63, 3.8) is 0 Å². The van der Waals surface area contributed by atoms with Gasteiger partial charge in [0.1, 0.15) is 0 Å². The summed E-state index contributed by atoms with van der Waals surface area (Å²) < 4.78 is 12.0. The summed E-state index contributed by atoms with van der Waals surface area (Å²) in [6, 6.07) is 0. The molecule has 0 aromatic carbocycles. The van der Waals surface area contributed by atoms with Gasteiger partial charge in [-0.05, 0) is 65.6 Å². The summed E-state index contributed by atoms with van der Waals surface area (Å²) in [5.41, 5.74) is 0. The molecule has 1 N–H and O–H groups in total. The Morgan fingerprint density at radius 3 is 2.60 bits per heavy atom. The molecule has 0 radical (unpaired) electrons. The molecule has 176 valence electrons. The van der Waals surface area contributed by atoms with Crippen LogP contribution in [0.4, 0.5) is 0 Å². The van der Waals surface area contributed by atoms with Crippen LogP contribution >= 0.6 is 24.0 Å². The molecule has 30 heavy (non-hydrogen) atoms. The molecule has 3 aliphatic heterocycles. The van der Waals surface area contributed by atoms with E-state index in [2.05, 4.69) is 34.0 Å². The molecule has 0 bridgehead atoms. The minimum Gasteiger partial charge on any atom is -0.376 e. The average Bonchev–Trinajstić information content (AvgIpc) is 2.97. The van der Waals surface area contributed by atoms with Crippen molar-refractivity contribution < 1.29 is 9.47 Å². The maximum atomic E-state index is 6.17. The van der Waals surface area contributed by atoms with Crippen LogP contribution in [0, 0.1) is 0 Å². The zero-order chi connectivity index (χ0) is 20.3. The summed E-state index contributed by atoms with van der Waals surface area (Å²) in [5.74, 6) is 1.08. The van der Waals surface area contributed by atoms with E-state index >= 15 is 0 Å². The molecule has 3 saturated heterocycles. The van der Waals surface area contributed by atoms with Crippen LogP contribution in [-0.4, -0.2) is 112 Å². The molecule has 0 aliphatic carbocycles. The minimum absolute atomic E-state index is 0. The number of rotatable bonds is 7. The average molecular weight is 538 g/mol. The maximum absolute atomic E-state index is 6.17. The summed E-state index contributed by atoms with van der Waals surface area (Å²) >= 11 is 0.